The van der Waals surface area contributed by atoms with Crippen LogP contribution in [0.25, 0.3) is 0 Å². The van der Waals surface area contributed by atoms with E-state index in [4.69, 9.17) is 15.2 Å². The van der Waals surface area contributed by atoms with Crippen LogP contribution in [0, 0.1) is 10.8 Å². The van der Waals surface area contributed by atoms with Gasteiger partial charge in [0.2, 0.25) is 0 Å². The predicted octanol–water partition coefficient (Wildman–Crippen LogP) is 3.34. The lowest BCUT2D eigenvalue weighted by atomic mass is 9.73. The molecule has 1 aliphatic rings. The molecule has 0 saturated carbocycles. The zero-order valence-corrected chi connectivity index (χ0v) is 12.0. The summed E-state index contributed by atoms with van der Waals surface area (Å²) in [6.45, 7) is 12.5. The fourth-order valence-corrected chi connectivity index (χ4v) is 2.06. The van der Waals surface area contributed by atoms with Crippen molar-refractivity contribution >= 4 is 6.09 Å². The van der Waals surface area contributed by atoms with Crippen molar-refractivity contribution in [2.75, 3.05) is 0 Å². The van der Waals surface area contributed by atoms with E-state index < -0.39 is 6.09 Å². The molecule has 102 valence electrons. The minimum atomic E-state index is -0.800. The van der Waals surface area contributed by atoms with Gasteiger partial charge in [-0.15, -0.1) is 0 Å². The van der Waals surface area contributed by atoms with Crippen molar-refractivity contribution in [1.29, 1.82) is 0 Å². The number of carbonyl (C=O) groups is 1. The van der Waals surface area contributed by atoms with Crippen LogP contribution in [0.3, 0.4) is 0 Å². The molecular weight excluding hydrogens is 230 g/mol. The minimum absolute atomic E-state index is 0.0976. The Bertz CT molecular complexity index is 394. The summed E-state index contributed by atoms with van der Waals surface area (Å²) in [5, 5.41) is 0. The normalized spacial score (nSPS) is 20.7. The first kappa shape index (κ1) is 14.6. The third-order valence-corrected chi connectivity index (χ3v) is 2.77. The first-order valence-corrected chi connectivity index (χ1v) is 6.07. The van der Waals surface area contributed by atoms with Crippen molar-refractivity contribution in [2.24, 2.45) is 16.6 Å². The maximum atomic E-state index is 11.0. The van der Waals surface area contributed by atoms with Crippen molar-refractivity contribution in [1.82, 2.24) is 0 Å². The van der Waals surface area contributed by atoms with Gasteiger partial charge in [0.25, 0.3) is 0 Å². The largest absolute Gasteiger partial charge is 0.493 e. The quantitative estimate of drug-likeness (QED) is 0.779. The van der Waals surface area contributed by atoms with E-state index in [0.717, 1.165) is 5.57 Å². The number of rotatable bonds is 1. The highest BCUT2D eigenvalue weighted by Crippen LogP contribution is 2.42. The van der Waals surface area contributed by atoms with Gasteiger partial charge in [-0.05, 0) is 5.41 Å². The molecule has 0 bridgehead atoms. The van der Waals surface area contributed by atoms with Gasteiger partial charge in [0, 0.05) is 17.1 Å². The highest BCUT2D eigenvalue weighted by molar-refractivity contribution is 5.67. The molecule has 1 amide bonds. The summed E-state index contributed by atoms with van der Waals surface area (Å²) >= 11 is 0. The predicted molar refractivity (Wildman–Crippen MR) is 70.6 cm³/mol. The van der Waals surface area contributed by atoms with Crippen LogP contribution < -0.4 is 5.73 Å². The van der Waals surface area contributed by atoms with Crippen LogP contribution in [0.2, 0.25) is 0 Å². The standard InChI is InChI=1S/C14H23NO3/c1-13(2,3)10-9(18-12(15)16)7-8-17-11(10)14(4,5)6/h7-8,11H,1-6H3,(H2,15,16). The maximum absolute atomic E-state index is 11.0. The number of ether oxygens (including phenoxy) is 2. The average Bonchev–Trinajstić information content (AvgIpc) is 2.13. The molecule has 1 aliphatic heterocycles. The minimum Gasteiger partial charge on any atom is -0.493 e. The Kier molecular flexibility index (Phi) is 3.79. The van der Waals surface area contributed by atoms with Crippen molar-refractivity contribution in [2.45, 2.75) is 47.6 Å². The van der Waals surface area contributed by atoms with Crippen molar-refractivity contribution in [3.05, 3.63) is 23.7 Å². The molecule has 0 spiro atoms. The molecule has 1 atom stereocenters. The summed E-state index contributed by atoms with van der Waals surface area (Å²) in [5.74, 6) is 0.501. The monoisotopic (exact) mass is 253 g/mol. The maximum Gasteiger partial charge on any atom is 0.409 e. The van der Waals surface area contributed by atoms with Crippen LogP contribution in [-0.4, -0.2) is 12.2 Å². The van der Waals surface area contributed by atoms with E-state index in [1.807, 2.05) is 0 Å². The molecular formula is C14H23NO3. The molecule has 1 heterocycles. The lowest BCUT2D eigenvalue weighted by Crippen LogP contribution is -2.38. The van der Waals surface area contributed by atoms with Gasteiger partial charge in [-0.2, -0.15) is 0 Å². The second-order valence-corrected chi connectivity index (χ2v) is 6.63. The third kappa shape index (κ3) is 3.28. The van der Waals surface area contributed by atoms with Crippen molar-refractivity contribution in [3.63, 3.8) is 0 Å². The number of primary amides is 1. The van der Waals surface area contributed by atoms with Crippen LogP contribution in [0.15, 0.2) is 23.7 Å². The first-order chi connectivity index (χ1) is 8.03. The summed E-state index contributed by atoms with van der Waals surface area (Å²) in [7, 11) is 0. The van der Waals surface area contributed by atoms with E-state index in [1.54, 1.807) is 12.3 Å². The molecule has 0 saturated heterocycles. The van der Waals surface area contributed by atoms with Gasteiger partial charge < -0.3 is 15.2 Å². The van der Waals surface area contributed by atoms with Gasteiger partial charge in [-0.3, -0.25) is 0 Å². The number of hydrogen-bond acceptors (Lipinski definition) is 3. The van der Waals surface area contributed by atoms with Crippen LogP contribution in [-0.2, 0) is 9.47 Å². The van der Waals surface area contributed by atoms with Gasteiger partial charge >= 0.3 is 6.09 Å². The van der Waals surface area contributed by atoms with E-state index in [9.17, 15) is 4.79 Å². The fourth-order valence-electron chi connectivity index (χ4n) is 2.06. The van der Waals surface area contributed by atoms with Gasteiger partial charge in [0.15, 0.2) is 0 Å². The number of allylic oxidation sites excluding steroid dienone is 1. The summed E-state index contributed by atoms with van der Waals surface area (Å²) in [6.07, 6.45) is 2.26. The molecule has 4 heteroatoms. The van der Waals surface area contributed by atoms with Crippen LogP contribution in [0.5, 0.6) is 0 Å². The molecule has 4 nitrogen and oxygen atoms in total. The summed E-state index contributed by atoms with van der Waals surface area (Å²) < 4.78 is 10.8. The molecule has 1 unspecified atom stereocenters. The highest BCUT2D eigenvalue weighted by Gasteiger charge is 2.39. The van der Waals surface area contributed by atoms with Crippen LogP contribution in [0.4, 0.5) is 4.79 Å². The topological polar surface area (TPSA) is 61.5 Å². The first-order valence-electron chi connectivity index (χ1n) is 6.07. The average molecular weight is 253 g/mol. The zero-order chi connectivity index (χ0) is 14.1. The molecule has 0 fully saturated rings. The van der Waals surface area contributed by atoms with Crippen molar-refractivity contribution in [3.8, 4) is 0 Å². The molecule has 2 N–H and O–H groups in total. The Labute approximate surface area is 109 Å². The van der Waals surface area contributed by atoms with Crippen LogP contribution in [0.1, 0.15) is 41.5 Å². The van der Waals surface area contributed by atoms with Gasteiger partial charge in [-0.1, -0.05) is 41.5 Å². The number of amides is 1. The Hall–Kier alpha value is -1.45. The summed E-state index contributed by atoms with van der Waals surface area (Å²) in [4.78, 5) is 11.0. The molecule has 0 aromatic carbocycles. The Morgan fingerprint density at radius 3 is 2.22 bits per heavy atom. The third-order valence-electron chi connectivity index (χ3n) is 2.77. The smallest absolute Gasteiger partial charge is 0.409 e. The zero-order valence-electron chi connectivity index (χ0n) is 12.0. The van der Waals surface area contributed by atoms with Gasteiger partial charge in [0.1, 0.15) is 11.9 Å². The van der Waals surface area contributed by atoms with E-state index in [2.05, 4.69) is 41.5 Å². The number of nitrogens with two attached hydrogens (primary N) is 1. The fraction of sp³-hybridized carbons (Fsp3) is 0.643. The van der Waals surface area contributed by atoms with E-state index in [-0.39, 0.29) is 16.9 Å². The van der Waals surface area contributed by atoms with Gasteiger partial charge in [0.05, 0.1) is 6.26 Å². The van der Waals surface area contributed by atoms with Crippen LogP contribution >= 0.6 is 0 Å². The second kappa shape index (κ2) is 4.67. The highest BCUT2D eigenvalue weighted by atomic mass is 16.6. The van der Waals surface area contributed by atoms with E-state index >= 15 is 0 Å². The molecule has 18 heavy (non-hydrogen) atoms. The second-order valence-electron chi connectivity index (χ2n) is 6.63. The molecule has 0 aromatic rings. The Morgan fingerprint density at radius 2 is 1.83 bits per heavy atom. The van der Waals surface area contributed by atoms with Gasteiger partial charge in [-0.25, -0.2) is 4.79 Å². The molecule has 0 aliphatic carbocycles. The summed E-state index contributed by atoms with van der Waals surface area (Å²) in [5.41, 5.74) is 5.80. The lowest BCUT2D eigenvalue weighted by Gasteiger charge is -2.40. The Balaban J connectivity index is 3.30. The summed E-state index contributed by atoms with van der Waals surface area (Å²) in [6, 6.07) is 0. The molecule has 0 aromatic heterocycles. The number of hydrogen-bond donors (Lipinski definition) is 1. The molecule has 1 rings (SSSR count). The molecule has 0 radical (unpaired) electrons. The Morgan fingerprint density at radius 1 is 1.28 bits per heavy atom. The van der Waals surface area contributed by atoms with E-state index in [0.29, 0.717) is 5.76 Å². The van der Waals surface area contributed by atoms with Crippen molar-refractivity contribution < 1.29 is 14.3 Å². The van der Waals surface area contributed by atoms with E-state index in [1.165, 1.54) is 0 Å². The lowest BCUT2D eigenvalue weighted by molar-refractivity contribution is 0.0490. The SMILES string of the molecule is CC(C)(C)C1=C(OC(N)=O)C=COC1C(C)(C)C. The number of carbonyl (C=O) groups excluding carboxylic acids is 1.